The van der Waals surface area contributed by atoms with Crippen LogP contribution in [-0.4, -0.2) is 95.6 Å². The van der Waals surface area contributed by atoms with Gasteiger partial charge in [-0.25, -0.2) is 0 Å². The highest BCUT2D eigenvalue weighted by Crippen LogP contribution is 2.34. The van der Waals surface area contributed by atoms with Gasteiger partial charge in [0.05, 0.1) is 44.2 Å². The molecule has 256 valence electrons. The average molecular weight is 689 g/mol. The molecule has 5 rings (SSSR count). The number of fused-ring (bicyclic) bond motifs is 3. The second kappa shape index (κ2) is 17.2. The van der Waals surface area contributed by atoms with Gasteiger partial charge in [0.15, 0.2) is 5.82 Å². The molecule has 1 aliphatic heterocycles. The molecule has 0 radical (unpaired) electrons. The normalized spacial score (nSPS) is 13.5. The lowest BCUT2D eigenvalue weighted by Gasteiger charge is -2.15. The molecule has 0 fully saturated rings. The van der Waals surface area contributed by atoms with Crippen LogP contribution in [0.4, 0.5) is 0 Å². The first-order valence-electron chi connectivity index (χ1n) is 15.9. The summed E-state index contributed by atoms with van der Waals surface area (Å²) in [7, 11) is -1.58. The first-order valence-corrected chi connectivity index (χ1v) is 16.3. The van der Waals surface area contributed by atoms with Crippen molar-refractivity contribution in [2.45, 2.75) is 26.3 Å². The maximum atomic E-state index is 12.7. The van der Waals surface area contributed by atoms with Crippen molar-refractivity contribution in [3.8, 4) is 11.4 Å². The first kappa shape index (κ1) is 35.7. The predicted molar refractivity (Wildman–Crippen MR) is 185 cm³/mol. The smallest absolute Gasteiger partial charge is 0.488 e. The molecular formula is C34H38BClN6O7. The van der Waals surface area contributed by atoms with E-state index in [-0.39, 0.29) is 18.2 Å². The zero-order valence-corrected chi connectivity index (χ0v) is 28.0. The molecule has 0 aliphatic carbocycles. The number of hydrogen-bond donors (Lipinski definition) is 4. The molecule has 1 aliphatic rings. The van der Waals surface area contributed by atoms with Crippen LogP contribution in [0.5, 0.6) is 5.75 Å². The van der Waals surface area contributed by atoms with Crippen molar-refractivity contribution in [1.29, 1.82) is 0 Å². The van der Waals surface area contributed by atoms with E-state index in [9.17, 15) is 9.59 Å². The van der Waals surface area contributed by atoms with Crippen molar-refractivity contribution in [3.63, 3.8) is 0 Å². The summed E-state index contributed by atoms with van der Waals surface area (Å²) in [5, 5.41) is 33.3. The number of benzene rings is 3. The number of aliphatic imine (C=N–C) groups is 1. The number of ether oxygens (including phenoxy) is 3. The van der Waals surface area contributed by atoms with E-state index >= 15 is 0 Å². The number of nitrogens with zero attached hydrogens (tertiary/aromatic N) is 4. The van der Waals surface area contributed by atoms with E-state index in [0.717, 1.165) is 16.8 Å². The molecule has 0 saturated carbocycles. The van der Waals surface area contributed by atoms with Gasteiger partial charge in [-0.1, -0.05) is 35.9 Å². The topological polar surface area (TPSA) is 169 Å². The molecule has 1 unspecified atom stereocenters. The summed E-state index contributed by atoms with van der Waals surface area (Å²) in [6, 6.07) is 18.6. The third-order valence-electron chi connectivity index (χ3n) is 7.64. The van der Waals surface area contributed by atoms with Crippen LogP contribution in [0.3, 0.4) is 0 Å². The fourth-order valence-corrected chi connectivity index (χ4v) is 5.40. The highest BCUT2D eigenvalue weighted by molar-refractivity contribution is 6.58. The van der Waals surface area contributed by atoms with Crippen molar-refractivity contribution in [2.24, 2.45) is 4.99 Å². The Labute approximate surface area is 289 Å². The van der Waals surface area contributed by atoms with Gasteiger partial charge < -0.3 is 34.9 Å². The second-order valence-electron chi connectivity index (χ2n) is 11.1. The van der Waals surface area contributed by atoms with Crippen LogP contribution in [0.1, 0.15) is 52.5 Å². The van der Waals surface area contributed by atoms with Crippen molar-refractivity contribution in [1.82, 2.24) is 25.4 Å². The lowest BCUT2D eigenvalue weighted by Crippen LogP contribution is -2.31. The largest absolute Gasteiger partial charge is 0.491 e. The lowest BCUT2D eigenvalue weighted by molar-refractivity contribution is -0.121. The van der Waals surface area contributed by atoms with E-state index in [1.165, 1.54) is 24.3 Å². The number of aromatic nitrogens is 3. The summed E-state index contributed by atoms with van der Waals surface area (Å²) in [6.07, 6.45) is 0.114. The van der Waals surface area contributed by atoms with Crippen LogP contribution in [-0.2, 0) is 14.3 Å². The zero-order chi connectivity index (χ0) is 34.8. The molecule has 1 aromatic heterocycles. The summed E-state index contributed by atoms with van der Waals surface area (Å²) in [5.74, 6) is 1.46. The lowest BCUT2D eigenvalue weighted by atomic mass is 9.80. The number of carbonyl (C=O) groups excluding carboxylic acids is 2. The Morgan fingerprint density at radius 2 is 1.63 bits per heavy atom. The van der Waals surface area contributed by atoms with Gasteiger partial charge in [0.25, 0.3) is 5.91 Å². The minimum absolute atomic E-state index is 0.114. The van der Waals surface area contributed by atoms with E-state index in [2.05, 4.69) is 20.8 Å². The van der Waals surface area contributed by atoms with Crippen LogP contribution < -0.4 is 20.8 Å². The van der Waals surface area contributed by atoms with E-state index in [4.69, 9.17) is 40.9 Å². The van der Waals surface area contributed by atoms with Crippen molar-refractivity contribution >= 4 is 41.7 Å². The second-order valence-corrected chi connectivity index (χ2v) is 11.5. The average Bonchev–Trinajstić information content (AvgIpc) is 3.42. The van der Waals surface area contributed by atoms with Gasteiger partial charge in [-0.05, 0) is 61.8 Å². The monoisotopic (exact) mass is 688 g/mol. The molecule has 4 N–H and O–H groups in total. The van der Waals surface area contributed by atoms with Gasteiger partial charge in [0, 0.05) is 34.8 Å². The Hall–Kier alpha value is -4.60. The van der Waals surface area contributed by atoms with E-state index in [1.807, 2.05) is 48.7 Å². The fourth-order valence-electron chi connectivity index (χ4n) is 5.27. The molecule has 0 bridgehead atoms. The molecular weight excluding hydrogens is 651 g/mol. The van der Waals surface area contributed by atoms with Gasteiger partial charge in [-0.2, -0.15) is 0 Å². The molecule has 0 saturated heterocycles. The number of carbonyl (C=O) groups is 2. The number of rotatable bonds is 16. The Morgan fingerprint density at radius 1 is 0.918 bits per heavy atom. The van der Waals surface area contributed by atoms with Crippen LogP contribution in [0.15, 0.2) is 71.7 Å². The summed E-state index contributed by atoms with van der Waals surface area (Å²) >= 11 is 6.20. The molecule has 2 amide bonds. The molecule has 3 aromatic carbocycles. The molecule has 4 aromatic rings. The van der Waals surface area contributed by atoms with Crippen LogP contribution in [0.25, 0.3) is 5.69 Å². The highest BCUT2D eigenvalue weighted by Gasteiger charge is 2.30. The van der Waals surface area contributed by atoms with E-state index < -0.39 is 13.2 Å². The Balaban J connectivity index is 1.15. The van der Waals surface area contributed by atoms with Crippen molar-refractivity contribution < 1.29 is 33.8 Å². The summed E-state index contributed by atoms with van der Waals surface area (Å²) in [5.41, 5.74) is 3.85. The number of hydrogen-bond acceptors (Lipinski definition) is 10. The third kappa shape index (κ3) is 9.31. The van der Waals surface area contributed by atoms with Gasteiger partial charge in [0.2, 0.25) is 5.91 Å². The minimum Gasteiger partial charge on any atom is -0.491 e. The van der Waals surface area contributed by atoms with E-state index in [0.29, 0.717) is 85.3 Å². The van der Waals surface area contributed by atoms with Crippen LogP contribution >= 0.6 is 11.6 Å². The fraction of sp³-hybridized carbons (Fsp3) is 0.324. The molecule has 49 heavy (non-hydrogen) atoms. The van der Waals surface area contributed by atoms with Crippen molar-refractivity contribution in [2.75, 3.05) is 46.1 Å². The number of nitrogens with one attached hydrogen (secondary N) is 2. The summed E-state index contributed by atoms with van der Waals surface area (Å²) in [6.45, 7) is 6.20. The molecule has 1 atom stereocenters. The van der Waals surface area contributed by atoms with Crippen LogP contribution in [0, 0.1) is 6.92 Å². The summed E-state index contributed by atoms with van der Waals surface area (Å²) < 4.78 is 19.2. The van der Waals surface area contributed by atoms with Gasteiger partial charge >= 0.3 is 7.12 Å². The Bertz CT molecular complexity index is 1770. The van der Waals surface area contributed by atoms with Gasteiger partial charge in [-0.15, -0.1) is 10.2 Å². The maximum Gasteiger partial charge on any atom is 0.488 e. The standard InChI is InChI=1S/C34H38BClN6O7/c1-3-37-31(43)21-29-33-41-40-22(2)42(33)30-13-12-27(20-28(30)32(39-29)23-6-10-26(36)11-7-23)49-19-18-48-17-16-47-15-14-38-34(44)24-4-8-25(9-5-24)35(45)46/h4-13,20,29,45-46H,3,14-19,21H2,1-2H3,(H,37,43)(H,38,44). The molecule has 0 spiro atoms. The third-order valence-corrected chi connectivity index (χ3v) is 7.89. The predicted octanol–water partition coefficient (Wildman–Crippen LogP) is 2.17. The Morgan fingerprint density at radius 3 is 2.35 bits per heavy atom. The molecule has 2 heterocycles. The number of amides is 2. The van der Waals surface area contributed by atoms with Gasteiger partial charge in [0.1, 0.15) is 24.2 Å². The molecule has 13 nitrogen and oxygen atoms in total. The van der Waals surface area contributed by atoms with Crippen molar-refractivity contribution in [3.05, 3.63) is 100 Å². The highest BCUT2D eigenvalue weighted by atomic mass is 35.5. The first-order chi connectivity index (χ1) is 23.7. The number of aryl methyl sites for hydroxylation is 1. The number of halogens is 1. The molecule has 15 heteroatoms. The quantitative estimate of drug-likeness (QED) is 0.102. The van der Waals surface area contributed by atoms with E-state index in [1.54, 1.807) is 12.1 Å². The Kier molecular flexibility index (Phi) is 12.5. The minimum atomic E-state index is -1.58. The SMILES string of the molecule is CCNC(=O)CC1N=C(c2ccc(Cl)cc2)c2cc(OCCOCCOCCNC(=O)c3ccc(B(O)O)cc3)ccc2-n2c(C)nnc21. The zero-order valence-electron chi connectivity index (χ0n) is 27.3. The maximum absolute atomic E-state index is 12.7. The van der Waals surface area contributed by atoms with Gasteiger partial charge in [-0.3, -0.25) is 19.1 Å². The van der Waals surface area contributed by atoms with Crippen LogP contribution in [0.2, 0.25) is 5.02 Å². The summed E-state index contributed by atoms with van der Waals surface area (Å²) in [4.78, 5) is 30.0.